The summed E-state index contributed by atoms with van der Waals surface area (Å²) in [4.78, 5) is 37.7. The lowest BCUT2D eigenvalue weighted by molar-refractivity contribution is -0.183. The van der Waals surface area contributed by atoms with E-state index in [1.165, 1.54) is 11.1 Å². The van der Waals surface area contributed by atoms with E-state index in [4.69, 9.17) is 4.74 Å². The number of ketones is 2. The minimum atomic E-state index is -1.01. The Balaban J connectivity index is 1.71. The lowest BCUT2D eigenvalue weighted by atomic mass is 9.50. The zero-order chi connectivity index (χ0) is 21.9. The highest BCUT2D eigenvalue weighted by Crippen LogP contribution is 2.66. The number of rotatable bonds is 4. The van der Waals surface area contributed by atoms with Crippen LogP contribution >= 0.6 is 0 Å². The predicted octanol–water partition coefficient (Wildman–Crippen LogP) is 5.36. The number of carbonyl (C=O) groups is 3. The van der Waals surface area contributed by atoms with Gasteiger partial charge in [-0.15, -0.1) is 0 Å². The molecular weight excluding hydrogens is 376 g/mol. The highest BCUT2D eigenvalue weighted by molar-refractivity contribution is 5.92. The van der Waals surface area contributed by atoms with Crippen LogP contribution in [0.5, 0.6) is 0 Å². The number of ether oxygens (including phenoxy) is 1. The van der Waals surface area contributed by atoms with Gasteiger partial charge >= 0.3 is 5.97 Å². The molecule has 0 saturated heterocycles. The molecule has 0 spiro atoms. The van der Waals surface area contributed by atoms with E-state index < -0.39 is 5.60 Å². The van der Waals surface area contributed by atoms with Crippen LogP contribution in [0.4, 0.5) is 0 Å². The fourth-order valence-corrected chi connectivity index (χ4v) is 7.24. The molecule has 0 unspecified atom stereocenters. The van der Waals surface area contributed by atoms with Crippen LogP contribution in [0.25, 0.3) is 0 Å². The summed E-state index contributed by atoms with van der Waals surface area (Å²) in [5, 5.41) is 0. The van der Waals surface area contributed by atoms with Gasteiger partial charge in [-0.3, -0.25) is 14.4 Å². The molecule has 4 aliphatic carbocycles. The normalized spacial score (nSPS) is 40.1. The number of hydrogen-bond donors (Lipinski definition) is 0. The number of hydrogen-bond acceptors (Lipinski definition) is 4. The van der Waals surface area contributed by atoms with Crippen LogP contribution in [0.15, 0.2) is 23.3 Å². The van der Waals surface area contributed by atoms with Crippen LogP contribution in [-0.4, -0.2) is 23.1 Å². The lowest BCUT2D eigenvalue weighted by Gasteiger charge is -2.55. The highest BCUT2D eigenvalue weighted by atomic mass is 16.6. The van der Waals surface area contributed by atoms with Crippen molar-refractivity contribution < 1.29 is 19.1 Å². The molecule has 2 fully saturated rings. The van der Waals surface area contributed by atoms with E-state index in [0.717, 1.165) is 32.1 Å². The summed E-state index contributed by atoms with van der Waals surface area (Å²) in [5.41, 5.74) is 1.38. The molecule has 30 heavy (non-hydrogen) atoms. The molecule has 164 valence electrons. The third-order valence-corrected chi connectivity index (χ3v) is 8.89. The van der Waals surface area contributed by atoms with E-state index >= 15 is 0 Å². The molecular formula is C26H36O4. The Morgan fingerprint density at radius 2 is 1.90 bits per heavy atom. The Morgan fingerprint density at radius 3 is 2.57 bits per heavy atom. The van der Waals surface area contributed by atoms with Crippen LogP contribution in [0, 0.1) is 28.6 Å². The molecule has 4 rings (SSSR count). The molecule has 4 heteroatoms. The average Bonchev–Trinajstić information content (AvgIpc) is 2.95. The van der Waals surface area contributed by atoms with Gasteiger partial charge in [-0.2, -0.15) is 0 Å². The van der Waals surface area contributed by atoms with Crippen molar-refractivity contribution >= 4 is 17.5 Å². The topological polar surface area (TPSA) is 60.4 Å². The van der Waals surface area contributed by atoms with Crippen molar-refractivity contribution in [1.29, 1.82) is 0 Å². The molecule has 4 aliphatic rings. The van der Waals surface area contributed by atoms with Crippen molar-refractivity contribution in [1.82, 2.24) is 0 Å². The van der Waals surface area contributed by atoms with Crippen LogP contribution in [0.1, 0.15) is 86.0 Å². The molecule has 0 aromatic carbocycles. The molecule has 0 N–H and O–H groups in total. The predicted molar refractivity (Wildman–Crippen MR) is 116 cm³/mol. The van der Waals surface area contributed by atoms with Gasteiger partial charge in [0.2, 0.25) is 0 Å². The number of Topliss-reactive ketones (excluding diaryl/α,β-unsaturated/α-hetero) is 1. The lowest BCUT2D eigenvalue weighted by Crippen LogP contribution is -2.56. The fraction of sp³-hybridized carbons (Fsp3) is 0.731. The quantitative estimate of drug-likeness (QED) is 0.461. The van der Waals surface area contributed by atoms with E-state index in [1.807, 2.05) is 19.9 Å². The third kappa shape index (κ3) is 2.97. The summed E-state index contributed by atoms with van der Waals surface area (Å²) in [7, 11) is 0. The van der Waals surface area contributed by atoms with Gasteiger partial charge in [0.1, 0.15) is 0 Å². The van der Waals surface area contributed by atoms with Crippen molar-refractivity contribution in [3.05, 3.63) is 23.3 Å². The Bertz CT molecular complexity index is 849. The van der Waals surface area contributed by atoms with Gasteiger partial charge in [0, 0.05) is 23.7 Å². The first-order chi connectivity index (χ1) is 14.0. The molecule has 0 aliphatic heterocycles. The van der Waals surface area contributed by atoms with Crippen LogP contribution in [-0.2, 0) is 19.1 Å². The van der Waals surface area contributed by atoms with Crippen molar-refractivity contribution in [2.45, 2.75) is 91.6 Å². The monoisotopic (exact) mass is 412 g/mol. The zero-order valence-corrected chi connectivity index (χ0v) is 19.2. The maximum Gasteiger partial charge on any atom is 0.307 e. The van der Waals surface area contributed by atoms with Gasteiger partial charge in [0.15, 0.2) is 17.2 Å². The van der Waals surface area contributed by atoms with Gasteiger partial charge in [-0.05, 0) is 69.3 Å². The van der Waals surface area contributed by atoms with E-state index in [0.29, 0.717) is 31.1 Å². The maximum absolute atomic E-state index is 13.0. The minimum absolute atomic E-state index is 0.00711. The third-order valence-electron chi connectivity index (χ3n) is 8.89. The summed E-state index contributed by atoms with van der Waals surface area (Å²) in [5.74, 6) is 0.960. The second-order valence-electron chi connectivity index (χ2n) is 11.0. The largest absolute Gasteiger partial charge is 0.450 e. The SMILES string of the molecule is CC(=O)[C@@]1(OC(=O)CC(C)C)CC[C@H]2[C@@H]3CCC4=CC(=O)CC[C@]4(C)C3=CC[C@@]21C. The van der Waals surface area contributed by atoms with Crippen molar-refractivity contribution in [2.24, 2.45) is 28.6 Å². The van der Waals surface area contributed by atoms with Crippen molar-refractivity contribution in [2.75, 3.05) is 0 Å². The molecule has 2 saturated carbocycles. The average molecular weight is 413 g/mol. The molecule has 0 bridgehead atoms. The Morgan fingerprint density at radius 1 is 1.17 bits per heavy atom. The highest BCUT2D eigenvalue weighted by Gasteiger charge is 2.66. The van der Waals surface area contributed by atoms with Crippen LogP contribution in [0.3, 0.4) is 0 Å². The zero-order valence-electron chi connectivity index (χ0n) is 19.2. The van der Waals surface area contributed by atoms with Gasteiger partial charge in [0.25, 0.3) is 0 Å². The molecule has 0 aromatic heterocycles. The molecule has 0 radical (unpaired) electrons. The Kier molecular flexibility index (Phi) is 5.14. The van der Waals surface area contributed by atoms with E-state index in [9.17, 15) is 14.4 Å². The standard InChI is InChI=1S/C26H36O4/c1-16(2)14-23(29)30-26(17(3)27)13-10-22-20-7-6-18-15-19(28)8-11-24(18,4)21(20)9-12-25(22,26)5/h9,15-16,20,22H,6-8,10-14H2,1-5H3/t20-,22+,24+,25+,26+/m1/s1. The van der Waals surface area contributed by atoms with E-state index in [-0.39, 0.29) is 34.3 Å². The first kappa shape index (κ1) is 21.5. The summed E-state index contributed by atoms with van der Waals surface area (Å²) in [6.07, 6.45) is 10.4. The molecule has 4 nitrogen and oxygen atoms in total. The minimum Gasteiger partial charge on any atom is -0.450 e. The second kappa shape index (κ2) is 7.17. The van der Waals surface area contributed by atoms with Gasteiger partial charge < -0.3 is 4.74 Å². The Labute approximate surface area is 180 Å². The van der Waals surface area contributed by atoms with E-state index in [2.05, 4.69) is 19.9 Å². The van der Waals surface area contributed by atoms with Crippen LogP contribution < -0.4 is 0 Å². The van der Waals surface area contributed by atoms with Gasteiger partial charge in [-0.25, -0.2) is 0 Å². The first-order valence-electron chi connectivity index (χ1n) is 11.7. The number of carbonyl (C=O) groups excluding carboxylic acids is 3. The van der Waals surface area contributed by atoms with Gasteiger partial charge in [0.05, 0.1) is 0 Å². The molecule has 5 atom stereocenters. The molecule has 0 amide bonds. The summed E-state index contributed by atoms with van der Waals surface area (Å²) in [6, 6.07) is 0. The second-order valence-corrected chi connectivity index (χ2v) is 11.0. The van der Waals surface area contributed by atoms with Gasteiger partial charge in [-0.1, -0.05) is 44.9 Å². The maximum atomic E-state index is 13.0. The molecule has 0 aromatic rings. The number of fused-ring (bicyclic) bond motifs is 5. The van der Waals surface area contributed by atoms with Crippen molar-refractivity contribution in [3.63, 3.8) is 0 Å². The van der Waals surface area contributed by atoms with Crippen LogP contribution in [0.2, 0.25) is 0 Å². The summed E-state index contributed by atoms with van der Waals surface area (Å²) < 4.78 is 6.10. The number of esters is 1. The van der Waals surface area contributed by atoms with Crippen molar-refractivity contribution in [3.8, 4) is 0 Å². The molecule has 0 heterocycles. The summed E-state index contributed by atoms with van der Waals surface area (Å²) >= 11 is 0. The fourth-order valence-electron chi connectivity index (χ4n) is 7.24. The first-order valence-corrected chi connectivity index (χ1v) is 11.7. The smallest absolute Gasteiger partial charge is 0.307 e. The Hall–Kier alpha value is -1.71. The van der Waals surface area contributed by atoms with E-state index in [1.54, 1.807) is 6.92 Å². The number of allylic oxidation sites excluding steroid dienone is 4. The summed E-state index contributed by atoms with van der Waals surface area (Å²) in [6.45, 7) is 10.1.